The number of hydrogen-bond acceptors (Lipinski definition) is 6. The Hall–Kier alpha value is -3.29. The second-order valence-electron chi connectivity index (χ2n) is 5.09. The Morgan fingerprint density at radius 2 is 1.92 bits per heavy atom. The Bertz CT molecular complexity index is 743. The van der Waals surface area contributed by atoms with Crippen LogP contribution in [0.2, 0.25) is 0 Å². The van der Waals surface area contributed by atoms with Crippen molar-refractivity contribution in [2.75, 3.05) is 12.4 Å². The number of furan rings is 1. The molecule has 2 rings (SSSR count). The molecule has 8 heteroatoms. The lowest BCUT2D eigenvalue weighted by atomic mass is 10.1. The van der Waals surface area contributed by atoms with Gasteiger partial charge in [0.25, 0.3) is 5.91 Å². The van der Waals surface area contributed by atoms with Crippen molar-refractivity contribution < 1.29 is 23.5 Å². The maximum absolute atomic E-state index is 12.3. The number of ether oxygens (including phenoxy) is 1. The monoisotopic (exact) mass is 345 g/mol. The molecule has 8 nitrogen and oxygen atoms in total. The summed E-state index contributed by atoms with van der Waals surface area (Å²) in [6.07, 6.45) is 0.437. The first-order valence-corrected chi connectivity index (χ1v) is 7.60. The number of imide groups is 1. The van der Waals surface area contributed by atoms with Gasteiger partial charge in [-0.25, -0.2) is 9.59 Å². The minimum absolute atomic E-state index is 0.272. The quantitative estimate of drug-likeness (QED) is 0.690. The number of rotatable bonds is 6. The molecule has 1 aromatic carbocycles. The normalized spacial score (nSPS) is 11.3. The highest BCUT2D eigenvalue weighted by Gasteiger charge is 2.22. The molecular weight excluding hydrogens is 326 g/mol. The van der Waals surface area contributed by atoms with Crippen LogP contribution in [0.3, 0.4) is 0 Å². The lowest BCUT2D eigenvalue weighted by molar-refractivity contribution is -0.127. The van der Waals surface area contributed by atoms with Crippen LogP contribution in [0, 0.1) is 0 Å². The van der Waals surface area contributed by atoms with E-state index in [0.29, 0.717) is 18.0 Å². The van der Waals surface area contributed by atoms with Gasteiger partial charge in [0.2, 0.25) is 0 Å². The minimum Gasteiger partial charge on any atom is -0.467 e. The van der Waals surface area contributed by atoms with E-state index in [9.17, 15) is 14.4 Å². The van der Waals surface area contributed by atoms with Crippen molar-refractivity contribution in [3.05, 3.63) is 54.0 Å². The molecule has 1 heterocycles. The molecule has 0 aliphatic carbocycles. The summed E-state index contributed by atoms with van der Waals surface area (Å²) in [4.78, 5) is 35.2. The number of amides is 3. The van der Waals surface area contributed by atoms with E-state index in [-0.39, 0.29) is 5.56 Å². The Labute approximate surface area is 144 Å². The molecule has 1 atom stereocenters. The Morgan fingerprint density at radius 1 is 1.16 bits per heavy atom. The van der Waals surface area contributed by atoms with Gasteiger partial charge in [0.15, 0.2) is 6.10 Å². The number of nitrogens with one attached hydrogen (secondary N) is 3. The third-order valence-corrected chi connectivity index (χ3v) is 3.30. The zero-order chi connectivity index (χ0) is 18.2. The molecule has 3 amide bonds. The summed E-state index contributed by atoms with van der Waals surface area (Å²) in [5.74, 6) is -0.683. The maximum Gasteiger partial charge on any atom is 0.341 e. The van der Waals surface area contributed by atoms with E-state index in [0.717, 1.165) is 0 Å². The number of anilines is 1. The standard InChI is InChI=1S/C17H19N3O5/c1-11(15(21)20-17(23)18-2)25-16(22)13-7-3-4-8-14(13)19-10-12-6-5-9-24-12/h3-9,11,19H,10H2,1-2H3,(H2,18,20,21,23)/t11-/m0/s1. The molecule has 132 valence electrons. The zero-order valence-electron chi connectivity index (χ0n) is 13.9. The van der Waals surface area contributed by atoms with Gasteiger partial charge in [0, 0.05) is 12.7 Å². The molecule has 2 aromatic rings. The molecule has 0 aliphatic heterocycles. The van der Waals surface area contributed by atoms with Gasteiger partial charge in [-0.1, -0.05) is 12.1 Å². The van der Waals surface area contributed by atoms with E-state index in [1.807, 2.05) is 0 Å². The lowest BCUT2D eigenvalue weighted by Crippen LogP contribution is -2.43. The van der Waals surface area contributed by atoms with Crippen LogP contribution >= 0.6 is 0 Å². The molecule has 0 saturated carbocycles. The fraction of sp³-hybridized carbons (Fsp3) is 0.235. The highest BCUT2D eigenvalue weighted by atomic mass is 16.5. The van der Waals surface area contributed by atoms with Gasteiger partial charge in [-0.05, 0) is 31.2 Å². The van der Waals surface area contributed by atoms with E-state index in [1.165, 1.54) is 14.0 Å². The number of hydrogen-bond donors (Lipinski definition) is 3. The van der Waals surface area contributed by atoms with Crippen LogP contribution < -0.4 is 16.0 Å². The van der Waals surface area contributed by atoms with E-state index in [1.54, 1.807) is 42.7 Å². The van der Waals surface area contributed by atoms with Crippen LogP contribution in [0.1, 0.15) is 23.0 Å². The van der Waals surface area contributed by atoms with Gasteiger partial charge in [0.1, 0.15) is 5.76 Å². The number of esters is 1. The van der Waals surface area contributed by atoms with Crippen LogP contribution in [0.15, 0.2) is 47.1 Å². The van der Waals surface area contributed by atoms with Crippen LogP contribution in [0.4, 0.5) is 10.5 Å². The Kier molecular flexibility index (Phi) is 6.16. The first-order chi connectivity index (χ1) is 12.0. The summed E-state index contributed by atoms with van der Waals surface area (Å²) in [5.41, 5.74) is 0.816. The molecule has 0 aliphatic rings. The number of carbonyl (C=O) groups is 3. The van der Waals surface area contributed by atoms with Crippen molar-refractivity contribution in [1.82, 2.24) is 10.6 Å². The van der Waals surface area contributed by atoms with E-state index in [4.69, 9.17) is 9.15 Å². The SMILES string of the molecule is CNC(=O)NC(=O)[C@H](C)OC(=O)c1ccccc1NCc1ccco1. The first-order valence-electron chi connectivity index (χ1n) is 7.60. The van der Waals surface area contributed by atoms with Gasteiger partial charge in [-0.2, -0.15) is 0 Å². The summed E-state index contributed by atoms with van der Waals surface area (Å²) in [6, 6.07) is 9.65. The summed E-state index contributed by atoms with van der Waals surface area (Å²) >= 11 is 0. The second-order valence-corrected chi connectivity index (χ2v) is 5.09. The van der Waals surface area contributed by atoms with Crippen molar-refractivity contribution >= 4 is 23.6 Å². The molecule has 0 spiro atoms. The predicted octanol–water partition coefficient (Wildman–Crippen LogP) is 1.89. The zero-order valence-corrected chi connectivity index (χ0v) is 13.9. The van der Waals surface area contributed by atoms with Crippen molar-refractivity contribution in [3.63, 3.8) is 0 Å². The topological polar surface area (TPSA) is 110 Å². The van der Waals surface area contributed by atoms with Crippen molar-refractivity contribution in [1.29, 1.82) is 0 Å². The third-order valence-electron chi connectivity index (χ3n) is 3.30. The largest absolute Gasteiger partial charge is 0.467 e. The van der Waals surface area contributed by atoms with Crippen LogP contribution in [0.5, 0.6) is 0 Å². The van der Waals surface area contributed by atoms with E-state index in [2.05, 4.69) is 16.0 Å². The number of carbonyl (C=O) groups excluding carboxylic acids is 3. The molecule has 0 saturated heterocycles. The lowest BCUT2D eigenvalue weighted by Gasteiger charge is -2.15. The summed E-state index contributed by atoms with van der Waals surface area (Å²) in [7, 11) is 1.38. The maximum atomic E-state index is 12.3. The van der Waals surface area contributed by atoms with Crippen molar-refractivity contribution in [3.8, 4) is 0 Å². The molecule has 0 bridgehead atoms. The van der Waals surface area contributed by atoms with E-state index >= 15 is 0 Å². The first kappa shape index (κ1) is 18.1. The Balaban J connectivity index is 2.01. The van der Waals surface area contributed by atoms with Crippen molar-refractivity contribution in [2.45, 2.75) is 19.6 Å². The fourth-order valence-corrected chi connectivity index (χ4v) is 1.96. The number of benzene rings is 1. The molecule has 0 fully saturated rings. The predicted molar refractivity (Wildman–Crippen MR) is 90.0 cm³/mol. The third kappa shape index (κ3) is 5.10. The molecule has 0 unspecified atom stereocenters. The summed E-state index contributed by atoms with van der Waals surface area (Å²) in [5, 5.41) is 7.38. The number of para-hydroxylation sites is 1. The second kappa shape index (κ2) is 8.53. The van der Waals surface area contributed by atoms with Gasteiger partial charge in [-0.15, -0.1) is 0 Å². The molecule has 0 radical (unpaired) electrons. The molecule has 3 N–H and O–H groups in total. The van der Waals surface area contributed by atoms with Crippen LogP contribution in [-0.2, 0) is 16.1 Å². The minimum atomic E-state index is -1.12. The Morgan fingerprint density at radius 3 is 2.60 bits per heavy atom. The average Bonchev–Trinajstić information content (AvgIpc) is 3.13. The summed E-state index contributed by atoms with van der Waals surface area (Å²) in [6.45, 7) is 1.78. The smallest absolute Gasteiger partial charge is 0.341 e. The van der Waals surface area contributed by atoms with Gasteiger partial charge >= 0.3 is 12.0 Å². The molecule has 25 heavy (non-hydrogen) atoms. The average molecular weight is 345 g/mol. The van der Waals surface area contributed by atoms with Crippen LogP contribution in [-0.4, -0.2) is 31.1 Å². The summed E-state index contributed by atoms with van der Waals surface area (Å²) < 4.78 is 10.4. The highest BCUT2D eigenvalue weighted by Crippen LogP contribution is 2.18. The molecule has 1 aromatic heterocycles. The van der Waals surface area contributed by atoms with Gasteiger partial charge in [-0.3, -0.25) is 10.1 Å². The van der Waals surface area contributed by atoms with Crippen LogP contribution in [0.25, 0.3) is 0 Å². The molecular formula is C17H19N3O5. The van der Waals surface area contributed by atoms with Gasteiger partial charge in [0.05, 0.1) is 18.4 Å². The number of urea groups is 1. The van der Waals surface area contributed by atoms with Crippen molar-refractivity contribution in [2.24, 2.45) is 0 Å². The fourth-order valence-electron chi connectivity index (χ4n) is 1.96. The van der Waals surface area contributed by atoms with Gasteiger partial charge < -0.3 is 19.8 Å². The highest BCUT2D eigenvalue weighted by molar-refractivity contribution is 6.00. The van der Waals surface area contributed by atoms with E-state index < -0.39 is 24.0 Å².